The number of ketones is 1. The fourth-order valence-electron chi connectivity index (χ4n) is 1.42. The molecule has 0 unspecified atom stereocenters. The first-order valence-corrected chi connectivity index (χ1v) is 5.80. The van der Waals surface area contributed by atoms with Gasteiger partial charge in [-0.3, -0.25) is 9.59 Å². The van der Waals surface area contributed by atoms with E-state index in [2.05, 4.69) is 15.9 Å². The number of ether oxygens (including phenoxy) is 1. The monoisotopic (exact) mass is 324 g/mol. The van der Waals surface area contributed by atoms with E-state index in [-0.39, 0.29) is 28.5 Å². The van der Waals surface area contributed by atoms with Crippen LogP contribution in [0.15, 0.2) is 12.1 Å². The van der Waals surface area contributed by atoms with Gasteiger partial charge in [0.15, 0.2) is 12.1 Å². The van der Waals surface area contributed by atoms with Gasteiger partial charge in [-0.1, -0.05) is 15.9 Å². The molecular formula is C11H8BrF3O3. The molecule has 1 aromatic carbocycles. The van der Waals surface area contributed by atoms with Crippen LogP contribution in [0.4, 0.5) is 13.2 Å². The van der Waals surface area contributed by atoms with E-state index in [4.69, 9.17) is 4.74 Å². The van der Waals surface area contributed by atoms with E-state index in [9.17, 15) is 22.8 Å². The Labute approximate surface area is 109 Å². The molecule has 0 N–H and O–H groups in total. The van der Waals surface area contributed by atoms with Crippen molar-refractivity contribution in [3.8, 4) is 5.75 Å². The molecule has 0 heterocycles. The Morgan fingerprint density at radius 2 is 2.06 bits per heavy atom. The Kier molecular flexibility index (Phi) is 4.50. The fourth-order valence-corrected chi connectivity index (χ4v) is 1.70. The van der Waals surface area contributed by atoms with E-state index < -0.39 is 17.5 Å². The fraction of sp³-hybridized carbons (Fsp3) is 0.273. The zero-order chi connectivity index (χ0) is 13.9. The summed E-state index contributed by atoms with van der Waals surface area (Å²) >= 11 is 2.89. The molecule has 0 aliphatic rings. The summed E-state index contributed by atoms with van der Waals surface area (Å²) in [6.07, 6.45) is -4.41. The number of carbonyl (C=O) groups is 2. The summed E-state index contributed by atoms with van der Waals surface area (Å²) < 4.78 is 42.5. The molecule has 0 aromatic heterocycles. The lowest BCUT2D eigenvalue weighted by molar-refractivity contribution is -0.137. The first kappa shape index (κ1) is 14.7. The van der Waals surface area contributed by atoms with Crippen molar-refractivity contribution in [1.82, 2.24) is 0 Å². The van der Waals surface area contributed by atoms with Gasteiger partial charge in [-0.15, -0.1) is 0 Å². The second-order valence-corrected chi connectivity index (χ2v) is 3.88. The van der Waals surface area contributed by atoms with Gasteiger partial charge < -0.3 is 4.74 Å². The Balaban J connectivity index is 3.54. The summed E-state index contributed by atoms with van der Waals surface area (Å²) in [6, 6.07) is 1.33. The number of rotatable bonds is 4. The number of halogens is 4. The molecule has 7 heteroatoms. The summed E-state index contributed by atoms with van der Waals surface area (Å²) in [7, 11) is 1.13. The number of hydrogen-bond donors (Lipinski definition) is 0. The van der Waals surface area contributed by atoms with Crippen LogP contribution in [-0.2, 0) is 6.18 Å². The number of hydrogen-bond acceptors (Lipinski definition) is 3. The van der Waals surface area contributed by atoms with E-state index >= 15 is 0 Å². The lowest BCUT2D eigenvalue weighted by Crippen LogP contribution is -2.12. The van der Waals surface area contributed by atoms with Crippen LogP contribution in [0.2, 0.25) is 0 Å². The molecule has 0 saturated heterocycles. The standard InChI is InChI=1S/C11H8BrF3O3/c1-18-9-3-7(11(13,14)15)2-6(5-16)10(9)8(17)4-12/h2-3,5H,4H2,1H3. The zero-order valence-corrected chi connectivity index (χ0v) is 10.8. The van der Waals surface area contributed by atoms with Crippen molar-refractivity contribution in [3.63, 3.8) is 0 Å². The maximum atomic E-state index is 12.6. The Morgan fingerprint density at radius 1 is 1.44 bits per heavy atom. The Hall–Kier alpha value is -1.37. The van der Waals surface area contributed by atoms with Crippen molar-refractivity contribution < 1.29 is 27.5 Å². The van der Waals surface area contributed by atoms with Gasteiger partial charge in [0.25, 0.3) is 0 Å². The van der Waals surface area contributed by atoms with Crippen LogP contribution < -0.4 is 4.74 Å². The minimum atomic E-state index is -4.61. The first-order valence-electron chi connectivity index (χ1n) is 4.68. The zero-order valence-electron chi connectivity index (χ0n) is 9.18. The number of methoxy groups -OCH3 is 1. The molecule has 0 spiro atoms. The molecule has 0 saturated carbocycles. The van der Waals surface area contributed by atoms with Gasteiger partial charge in [-0.25, -0.2) is 0 Å². The maximum Gasteiger partial charge on any atom is 0.416 e. The highest BCUT2D eigenvalue weighted by Crippen LogP contribution is 2.35. The average molecular weight is 325 g/mol. The van der Waals surface area contributed by atoms with Gasteiger partial charge in [0, 0.05) is 5.56 Å². The summed E-state index contributed by atoms with van der Waals surface area (Å²) in [5, 5.41) is -0.116. The van der Waals surface area contributed by atoms with E-state index in [1.165, 1.54) is 0 Å². The van der Waals surface area contributed by atoms with Crippen LogP contribution in [0.5, 0.6) is 5.75 Å². The van der Waals surface area contributed by atoms with Crippen LogP contribution in [0.1, 0.15) is 26.3 Å². The second-order valence-electron chi connectivity index (χ2n) is 3.32. The van der Waals surface area contributed by atoms with Gasteiger partial charge in [-0.05, 0) is 12.1 Å². The number of Topliss-reactive ketones (excluding diaryl/α,β-unsaturated/α-hetero) is 1. The van der Waals surface area contributed by atoms with Gasteiger partial charge in [0.1, 0.15) is 5.75 Å². The molecule has 98 valence electrons. The third kappa shape index (κ3) is 2.90. The number of carbonyl (C=O) groups excluding carboxylic acids is 2. The van der Waals surface area contributed by atoms with Crippen molar-refractivity contribution in [2.24, 2.45) is 0 Å². The van der Waals surface area contributed by atoms with Gasteiger partial charge in [-0.2, -0.15) is 13.2 Å². The normalized spacial score (nSPS) is 11.2. The summed E-state index contributed by atoms with van der Waals surface area (Å²) in [4.78, 5) is 22.4. The van der Waals surface area contributed by atoms with Crippen molar-refractivity contribution in [2.75, 3.05) is 12.4 Å². The summed E-state index contributed by atoms with van der Waals surface area (Å²) in [5.41, 5.74) is -1.53. The van der Waals surface area contributed by atoms with Crippen LogP contribution in [0.3, 0.4) is 0 Å². The quantitative estimate of drug-likeness (QED) is 0.485. The lowest BCUT2D eigenvalue weighted by Gasteiger charge is -2.13. The highest BCUT2D eigenvalue weighted by atomic mass is 79.9. The number of aldehydes is 1. The third-order valence-corrected chi connectivity index (χ3v) is 2.72. The van der Waals surface area contributed by atoms with Crippen molar-refractivity contribution in [2.45, 2.75) is 6.18 Å². The smallest absolute Gasteiger partial charge is 0.416 e. The molecule has 0 aliphatic heterocycles. The minimum Gasteiger partial charge on any atom is -0.496 e. The second kappa shape index (κ2) is 5.51. The minimum absolute atomic E-state index is 0.116. The summed E-state index contributed by atoms with van der Waals surface area (Å²) in [6.45, 7) is 0. The predicted molar refractivity (Wildman–Crippen MR) is 61.5 cm³/mol. The van der Waals surface area contributed by atoms with Crippen molar-refractivity contribution in [3.05, 3.63) is 28.8 Å². The predicted octanol–water partition coefficient (Wildman–Crippen LogP) is 3.10. The molecule has 18 heavy (non-hydrogen) atoms. The summed E-state index contributed by atoms with van der Waals surface area (Å²) in [5.74, 6) is -0.793. The third-order valence-electron chi connectivity index (χ3n) is 2.21. The molecule has 0 bridgehead atoms. The maximum absolute atomic E-state index is 12.6. The van der Waals surface area contributed by atoms with Crippen molar-refractivity contribution in [1.29, 1.82) is 0 Å². The van der Waals surface area contributed by atoms with Crippen LogP contribution in [0.25, 0.3) is 0 Å². The Morgan fingerprint density at radius 3 is 2.44 bits per heavy atom. The average Bonchev–Trinajstić information content (AvgIpc) is 2.34. The van der Waals surface area contributed by atoms with Gasteiger partial charge >= 0.3 is 6.18 Å². The number of benzene rings is 1. The van der Waals surface area contributed by atoms with E-state index in [1.807, 2.05) is 0 Å². The SMILES string of the molecule is COc1cc(C(F)(F)F)cc(C=O)c1C(=O)CBr. The van der Waals surface area contributed by atoms with Crippen LogP contribution >= 0.6 is 15.9 Å². The van der Waals surface area contributed by atoms with E-state index in [1.54, 1.807) is 0 Å². The molecule has 0 amide bonds. The van der Waals surface area contributed by atoms with Crippen molar-refractivity contribution >= 4 is 28.0 Å². The lowest BCUT2D eigenvalue weighted by atomic mass is 10.0. The van der Waals surface area contributed by atoms with E-state index in [0.29, 0.717) is 12.1 Å². The molecule has 1 aromatic rings. The van der Waals surface area contributed by atoms with Gasteiger partial charge in [0.2, 0.25) is 0 Å². The molecule has 3 nitrogen and oxygen atoms in total. The van der Waals surface area contributed by atoms with Gasteiger partial charge in [0.05, 0.1) is 23.6 Å². The molecular weight excluding hydrogens is 317 g/mol. The largest absolute Gasteiger partial charge is 0.496 e. The highest BCUT2D eigenvalue weighted by Gasteiger charge is 2.33. The molecule has 0 atom stereocenters. The molecule has 0 fully saturated rings. The Bertz CT molecular complexity index is 483. The van der Waals surface area contributed by atoms with Crippen LogP contribution in [0, 0.1) is 0 Å². The first-order chi connectivity index (χ1) is 8.35. The molecule has 0 radical (unpaired) electrons. The highest BCUT2D eigenvalue weighted by molar-refractivity contribution is 9.09. The molecule has 0 aliphatic carbocycles. The number of alkyl halides is 4. The van der Waals surface area contributed by atoms with Crippen LogP contribution in [-0.4, -0.2) is 24.5 Å². The molecule has 1 rings (SSSR count). The topological polar surface area (TPSA) is 43.4 Å². The van der Waals surface area contributed by atoms with E-state index in [0.717, 1.165) is 7.11 Å².